The van der Waals surface area contributed by atoms with Gasteiger partial charge in [-0.1, -0.05) is 36.4 Å². The first kappa shape index (κ1) is 10.1. The number of carbonyl (C=O) groups excluding carboxylic acids is 1. The summed E-state index contributed by atoms with van der Waals surface area (Å²) in [6.45, 7) is 0. The van der Waals surface area contributed by atoms with E-state index in [1.807, 2.05) is 24.3 Å². The Balaban J connectivity index is 1.73. The molecule has 0 unspecified atom stereocenters. The van der Waals surface area contributed by atoms with E-state index in [0.29, 0.717) is 6.10 Å². The molecule has 1 aromatic carbocycles. The van der Waals surface area contributed by atoms with Crippen molar-refractivity contribution in [2.45, 2.75) is 25.0 Å². The normalized spacial score (nSPS) is 24.3. The van der Waals surface area contributed by atoms with Crippen LogP contribution in [0.5, 0.6) is 0 Å². The molecule has 0 spiro atoms. The van der Waals surface area contributed by atoms with E-state index in [2.05, 4.69) is 12.1 Å². The van der Waals surface area contributed by atoms with Gasteiger partial charge in [0.15, 0.2) is 0 Å². The molecule has 0 aromatic heterocycles. The first-order chi connectivity index (χ1) is 7.40. The topological polar surface area (TPSA) is 29.6 Å². The summed E-state index contributed by atoms with van der Waals surface area (Å²) >= 11 is 0. The molecule has 0 aliphatic carbocycles. The van der Waals surface area contributed by atoms with E-state index in [4.69, 9.17) is 4.74 Å². The summed E-state index contributed by atoms with van der Waals surface area (Å²) in [5.41, 5.74) is 1.34. The van der Waals surface area contributed by atoms with Crippen molar-refractivity contribution in [3.05, 3.63) is 48.0 Å². The molecule has 0 bridgehead atoms. The van der Waals surface area contributed by atoms with Gasteiger partial charge in [0.1, 0.15) is 12.4 Å². The van der Waals surface area contributed by atoms with Crippen LogP contribution in [0.4, 0.5) is 0 Å². The number of carbonyl (C=O) groups is 1. The summed E-state index contributed by atoms with van der Waals surface area (Å²) in [7, 11) is 0. The van der Waals surface area contributed by atoms with Crippen molar-refractivity contribution in [1.82, 2.24) is 0 Å². The van der Waals surface area contributed by atoms with E-state index in [0.717, 1.165) is 19.1 Å². The number of hydrogen-bond donors (Lipinski definition) is 0. The molecular weight excluding hydrogens is 188 g/mol. The SMILES string of the molecule is O=C/C=C/[C@@H]1O[C@H]1CCc1ccccc1. The lowest BCUT2D eigenvalue weighted by Crippen LogP contribution is -1.94. The zero-order valence-electron chi connectivity index (χ0n) is 8.50. The maximum atomic E-state index is 10.1. The number of epoxide rings is 1. The van der Waals surface area contributed by atoms with Gasteiger partial charge < -0.3 is 4.74 Å². The number of aryl methyl sites for hydroxylation is 1. The summed E-state index contributed by atoms with van der Waals surface area (Å²) in [6, 6.07) is 10.4. The molecule has 2 nitrogen and oxygen atoms in total. The van der Waals surface area contributed by atoms with Crippen molar-refractivity contribution < 1.29 is 9.53 Å². The van der Waals surface area contributed by atoms with E-state index < -0.39 is 0 Å². The van der Waals surface area contributed by atoms with Crippen LogP contribution >= 0.6 is 0 Å². The maximum absolute atomic E-state index is 10.1. The van der Waals surface area contributed by atoms with Crippen LogP contribution in [0.1, 0.15) is 12.0 Å². The van der Waals surface area contributed by atoms with Crippen LogP contribution in [0.3, 0.4) is 0 Å². The average molecular weight is 202 g/mol. The van der Waals surface area contributed by atoms with Gasteiger partial charge in [-0.05, 0) is 24.5 Å². The van der Waals surface area contributed by atoms with Crippen molar-refractivity contribution in [2.24, 2.45) is 0 Å². The van der Waals surface area contributed by atoms with Crippen molar-refractivity contribution in [3.8, 4) is 0 Å². The molecule has 1 aliphatic heterocycles. The predicted octanol–water partition coefficient (Wildman–Crippen LogP) is 2.14. The molecule has 2 heteroatoms. The van der Waals surface area contributed by atoms with Gasteiger partial charge in [-0.2, -0.15) is 0 Å². The van der Waals surface area contributed by atoms with Gasteiger partial charge in [-0.15, -0.1) is 0 Å². The molecule has 0 radical (unpaired) electrons. The van der Waals surface area contributed by atoms with Gasteiger partial charge in [0.05, 0.1) is 6.10 Å². The molecule has 1 aliphatic rings. The molecule has 0 saturated carbocycles. The van der Waals surface area contributed by atoms with Crippen molar-refractivity contribution >= 4 is 6.29 Å². The number of ether oxygens (including phenoxy) is 1. The molecular formula is C13H14O2. The molecule has 0 amide bonds. The Kier molecular flexibility index (Phi) is 3.30. The fourth-order valence-electron chi connectivity index (χ4n) is 1.67. The first-order valence-electron chi connectivity index (χ1n) is 5.21. The number of hydrogen-bond acceptors (Lipinski definition) is 2. The highest BCUT2D eigenvalue weighted by atomic mass is 16.6. The zero-order valence-corrected chi connectivity index (χ0v) is 8.50. The van der Waals surface area contributed by atoms with E-state index >= 15 is 0 Å². The van der Waals surface area contributed by atoms with Crippen LogP contribution in [-0.2, 0) is 16.0 Å². The Morgan fingerprint density at radius 2 is 2.07 bits per heavy atom. The molecule has 0 N–H and O–H groups in total. The fourth-order valence-corrected chi connectivity index (χ4v) is 1.67. The van der Waals surface area contributed by atoms with Gasteiger partial charge >= 0.3 is 0 Å². The third-order valence-electron chi connectivity index (χ3n) is 2.56. The third-order valence-corrected chi connectivity index (χ3v) is 2.56. The Morgan fingerprint density at radius 1 is 1.27 bits per heavy atom. The number of rotatable bonds is 5. The molecule has 2 rings (SSSR count). The monoisotopic (exact) mass is 202 g/mol. The van der Waals surface area contributed by atoms with Gasteiger partial charge in [0.25, 0.3) is 0 Å². The van der Waals surface area contributed by atoms with Crippen LogP contribution in [-0.4, -0.2) is 18.5 Å². The van der Waals surface area contributed by atoms with Crippen LogP contribution in [0.25, 0.3) is 0 Å². The van der Waals surface area contributed by atoms with Crippen LogP contribution in [0.15, 0.2) is 42.5 Å². The fraction of sp³-hybridized carbons (Fsp3) is 0.308. The minimum Gasteiger partial charge on any atom is -0.365 e. The van der Waals surface area contributed by atoms with E-state index in [1.54, 1.807) is 0 Å². The lowest BCUT2D eigenvalue weighted by atomic mass is 10.1. The Morgan fingerprint density at radius 3 is 2.80 bits per heavy atom. The quantitative estimate of drug-likeness (QED) is 0.416. The van der Waals surface area contributed by atoms with Crippen molar-refractivity contribution in [3.63, 3.8) is 0 Å². The molecule has 2 atom stereocenters. The largest absolute Gasteiger partial charge is 0.365 e. The molecule has 1 saturated heterocycles. The minimum atomic E-state index is 0.166. The highest BCUT2D eigenvalue weighted by Crippen LogP contribution is 2.27. The average Bonchev–Trinajstić information content (AvgIpc) is 3.04. The van der Waals surface area contributed by atoms with Gasteiger partial charge in [0.2, 0.25) is 0 Å². The van der Waals surface area contributed by atoms with Gasteiger partial charge in [0, 0.05) is 0 Å². The highest BCUT2D eigenvalue weighted by Gasteiger charge is 2.35. The molecule has 78 valence electrons. The number of allylic oxidation sites excluding steroid dienone is 1. The van der Waals surface area contributed by atoms with Crippen LogP contribution in [0, 0.1) is 0 Å². The van der Waals surface area contributed by atoms with E-state index in [-0.39, 0.29) is 6.10 Å². The van der Waals surface area contributed by atoms with Crippen LogP contribution < -0.4 is 0 Å². The third kappa shape index (κ3) is 3.03. The lowest BCUT2D eigenvalue weighted by Gasteiger charge is -1.97. The number of aldehydes is 1. The molecule has 1 heterocycles. The summed E-state index contributed by atoms with van der Waals surface area (Å²) in [6.07, 6.45) is 6.65. The Hall–Kier alpha value is -1.41. The summed E-state index contributed by atoms with van der Waals surface area (Å²) in [4.78, 5) is 10.1. The van der Waals surface area contributed by atoms with E-state index in [9.17, 15) is 4.79 Å². The zero-order chi connectivity index (χ0) is 10.5. The Bertz CT molecular complexity index is 343. The van der Waals surface area contributed by atoms with Crippen LogP contribution in [0.2, 0.25) is 0 Å². The van der Waals surface area contributed by atoms with Crippen molar-refractivity contribution in [2.75, 3.05) is 0 Å². The first-order valence-corrected chi connectivity index (χ1v) is 5.21. The molecule has 15 heavy (non-hydrogen) atoms. The second-order valence-electron chi connectivity index (χ2n) is 3.68. The number of benzene rings is 1. The summed E-state index contributed by atoms with van der Waals surface area (Å²) in [5.74, 6) is 0. The minimum absolute atomic E-state index is 0.166. The van der Waals surface area contributed by atoms with E-state index in [1.165, 1.54) is 11.6 Å². The highest BCUT2D eigenvalue weighted by molar-refractivity contribution is 5.64. The summed E-state index contributed by atoms with van der Waals surface area (Å²) < 4.78 is 5.40. The Labute approximate surface area is 89.6 Å². The smallest absolute Gasteiger partial charge is 0.142 e. The summed E-state index contributed by atoms with van der Waals surface area (Å²) in [5, 5.41) is 0. The standard InChI is InChI=1S/C13H14O2/c14-10-4-7-12-13(15-12)9-8-11-5-2-1-3-6-11/h1-7,10,12-13H,8-9H2/b7-4+/t12-,13-/m0/s1. The van der Waals surface area contributed by atoms with Gasteiger partial charge in [-0.3, -0.25) is 4.79 Å². The molecule has 1 aromatic rings. The maximum Gasteiger partial charge on any atom is 0.142 e. The lowest BCUT2D eigenvalue weighted by molar-refractivity contribution is -0.104. The second-order valence-corrected chi connectivity index (χ2v) is 3.68. The molecule has 1 fully saturated rings. The second kappa shape index (κ2) is 4.89. The van der Waals surface area contributed by atoms with Crippen molar-refractivity contribution in [1.29, 1.82) is 0 Å². The predicted molar refractivity (Wildman–Crippen MR) is 58.6 cm³/mol. The van der Waals surface area contributed by atoms with Gasteiger partial charge in [-0.25, -0.2) is 0 Å².